The van der Waals surface area contributed by atoms with E-state index in [9.17, 15) is 9.90 Å². The van der Waals surface area contributed by atoms with E-state index in [0.717, 1.165) is 16.0 Å². The molecule has 3 heterocycles. The molecule has 0 bridgehead atoms. The molecule has 0 spiro atoms. The number of aryl methyl sites for hydroxylation is 1. The zero-order valence-electron chi connectivity index (χ0n) is 14.4. The molecular weight excluding hydrogens is 360 g/mol. The number of carboxylic acid groups (broad SMARTS) is 1. The number of aromatic carboxylic acids is 1. The van der Waals surface area contributed by atoms with Crippen LogP contribution in [-0.2, 0) is 0 Å². The number of hydrogen-bond donors (Lipinski definition) is 2. The Hall–Kier alpha value is -2.12. The quantitative estimate of drug-likeness (QED) is 0.635. The van der Waals surface area contributed by atoms with E-state index >= 15 is 0 Å². The number of anilines is 1. The van der Waals surface area contributed by atoms with Crippen molar-refractivity contribution in [3.8, 4) is 10.4 Å². The van der Waals surface area contributed by atoms with E-state index in [1.54, 1.807) is 11.3 Å². The monoisotopic (exact) mass is 378 g/mol. The maximum Gasteiger partial charge on any atom is 0.341 e. The van der Waals surface area contributed by atoms with Gasteiger partial charge in [-0.2, -0.15) is 9.61 Å². The summed E-state index contributed by atoms with van der Waals surface area (Å²) in [7, 11) is 0. The summed E-state index contributed by atoms with van der Waals surface area (Å²) in [5.41, 5.74) is 2.08. The van der Waals surface area contributed by atoms with Crippen LogP contribution >= 0.6 is 22.9 Å². The number of carbonyl (C=O) groups is 1. The van der Waals surface area contributed by atoms with Crippen LogP contribution in [-0.4, -0.2) is 31.7 Å². The lowest BCUT2D eigenvalue weighted by atomic mass is 10.1. The Morgan fingerprint density at radius 2 is 2.12 bits per heavy atom. The summed E-state index contributed by atoms with van der Waals surface area (Å²) in [5, 5.41) is 19.3. The van der Waals surface area contributed by atoms with Crippen molar-refractivity contribution < 1.29 is 9.90 Å². The summed E-state index contributed by atoms with van der Waals surface area (Å²) in [6.45, 7) is 8.30. The summed E-state index contributed by atoms with van der Waals surface area (Å²) < 4.78 is 1.53. The predicted octanol–water partition coefficient (Wildman–Crippen LogP) is 4.57. The first-order valence-electron chi connectivity index (χ1n) is 7.92. The van der Waals surface area contributed by atoms with Gasteiger partial charge in [-0.05, 0) is 36.8 Å². The summed E-state index contributed by atoms with van der Waals surface area (Å²) in [5.74, 6) is -0.0514. The Morgan fingerprint density at radius 1 is 1.40 bits per heavy atom. The number of hydrogen-bond acceptors (Lipinski definition) is 5. The molecule has 0 aliphatic rings. The molecule has 1 atom stereocenters. The van der Waals surface area contributed by atoms with Crippen molar-refractivity contribution in [2.75, 3.05) is 5.32 Å². The van der Waals surface area contributed by atoms with Gasteiger partial charge in [-0.15, -0.1) is 11.3 Å². The molecule has 0 saturated carbocycles. The van der Waals surface area contributed by atoms with Crippen LogP contribution in [0.2, 0.25) is 5.15 Å². The van der Waals surface area contributed by atoms with Gasteiger partial charge in [0.1, 0.15) is 16.5 Å². The van der Waals surface area contributed by atoms with E-state index in [0.29, 0.717) is 11.7 Å². The van der Waals surface area contributed by atoms with Crippen molar-refractivity contribution in [1.29, 1.82) is 0 Å². The largest absolute Gasteiger partial charge is 0.477 e. The minimum Gasteiger partial charge on any atom is -0.477 e. The minimum absolute atomic E-state index is 0.0246. The van der Waals surface area contributed by atoms with Crippen LogP contribution in [0.1, 0.15) is 36.7 Å². The van der Waals surface area contributed by atoms with Gasteiger partial charge in [-0.25, -0.2) is 9.78 Å². The molecule has 2 N–H and O–H groups in total. The van der Waals surface area contributed by atoms with E-state index in [1.165, 1.54) is 10.7 Å². The van der Waals surface area contributed by atoms with Gasteiger partial charge in [0.2, 0.25) is 0 Å². The maximum absolute atomic E-state index is 11.4. The first kappa shape index (κ1) is 17.7. The lowest BCUT2D eigenvalue weighted by Crippen LogP contribution is -2.24. The third-order valence-electron chi connectivity index (χ3n) is 4.29. The number of nitrogens with one attached hydrogen (secondary N) is 1. The highest BCUT2D eigenvalue weighted by atomic mass is 35.5. The molecule has 6 nitrogen and oxygen atoms in total. The summed E-state index contributed by atoms with van der Waals surface area (Å²) in [6, 6.07) is 2.15. The molecule has 0 radical (unpaired) electrons. The lowest BCUT2D eigenvalue weighted by molar-refractivity contribution is 0.0699. The average Bonchev–Trinajstić information content (AvgIpc) is 3.13. The first-order chi connectivity index (χ1) is 11.8. The molecule has 8 heteroatoms. The van der Waals surface area contributed by atoms with Gasteiger partial charge >= 0.3 is 5.97 Å². The third kappa shape index (κ3) is 3.09. The molecule has 0 saturated heterocycles. The first-order valence-corrected chi connectivity index (χ1v) is 9.18. The molecule has 1 unspecified atom stereocenters. The molecule has 25 heavy (non-hydrogen) atoms. The van der Waals surface area contributed by atoms with E-state index in [2.05, 4.69) is 36.2 Å². The fourth-order valence-electron chi connectivity index (χ4n) is 2.46. The smallest absolute Gasteiger partial charge is 0.341 e. The van der Waals surface area contributed by atoms with Crippen molar-refractivity contribution >= 4 is 40.4 Å². The average molecular weight is 379 g/mol. The Balaban J connectivity index is 2.32. The molecule has 0 amide bonds. The van der Waals surface area contributed by atoms with Crippen LogP contribution in [0.3, 0.4) is 0 Å². The highest BCUT2D eigenvalue weighted by Gasteiger charge is 2.24. The number of rotatable bonds is 5. The number of fused-ring (bicyclic) bond motifs is 1. The van der Waals surface area contributed by atoms with Crippen LogP contribution in [0.25, 0.3) is 16.1 Å². The second-order valence-electron chi connectivity index (χ2n) is 6.33. The highest BCUT2D eigenvalue weighted by molar-refractivity contribution is 7.13. The Bertz CT molecular complexity index is 948. The van der Waals surface area contributed by atoms with Gasteiger partial charge in [-0.3, -0.25) is 0 Å². The number of nitrogens with zero attached hydrogens (tertiary/aromatic N) is 3. The Morgan fingerprint density at radius 3 is 2.68 bits per heavy atom. The number of thiophene rings is 1. The van der Waals surface area contributed by atoms with E-state index in [4.69, 9.17) is 11.6 Å². The van der Waals surface area contributed by atoms with Gasteiger partial charge in [0, 0.05) is 10.9 Å². The molecule has 0 aliphatic carbocycles. The second-order valence-corrected chi connectivity index (χ2v) is 7.61. The van der Waals surface area contributed by atoms with Crippen molar-refractivity contribution in [3.63, 3.8) is 0 Å². The predicted molar refractivity (Wildman–Crippen MR) is 101 cm³/mol. The third-order valence-corrected chi connectivity index (χ3v) is 5.59. The Kier molecular flexibility index (Phi) is 4.71. The van der Waals surface area contributed by atoms with Crippen LogP contribution in [0.15, 0.2) is 17.6 Å². The number of aromatic nitrogens is 3. The van der Waals surface area contributed by atoms with Crippen LogP contribution < -0.4 is 5.32 Å². The Labute approximate surface area is 154 Å². The molecule has 0 aliphatic heterocycles. The minimum atomic E-state index is -1.08. The van der Waals surface area contributed by atoms with Gasteiger partial charge in [-0.1, -0.05) is 25.4 Å². The zero-order chi connectivity index (χ0) is 18.3. The second kappa shape index (κ2) is 6.65. The van der Waals surface area contributed by atoms with Gasteiger partial charge < -0.3 is 10.4 Å². The molecule has 0 aromatic carbocycles. The van der Waals surface area contributed by atoms with Gasteiger partial charge in [0.05, 0.1) is 11.8 Å². The topological polar surface area (TPSA) is 79.5 Å². The summed E-state index contributed by atoms with van der Waals surface area (Å²) in [6.07, 6.45) is 1.30. The van der Waals surface area contributed by atoms with Crippen molar-refractivity contribution in [1.82, 2.24) is 14.6 Å². The van der Waals surface area contributed by atoms with Gasteiger partial charge in [0.25, 0.3) is 0 Å². The van der Waals surface area contributed by atoms with Crippen LogP contribution in [0.4, 0.5) is 5.82 Å². The number of carboxylic acids is 1. The van der Waals surface area contributed by atoms with Crippen molar-refractivity contribution in [2.24, 2.45) is 5.92 Å². The van der Waals surface area contributed by atoms with Crippen molar-refractivity contribution in [2.45, 2.75) is 33.7 Å². The summed E-state index contributed by atoms with van der Waals surface area (Å²) >= 11 is 8.06. The normalized spacial score (nSPS) is 12.7. The fourth-order valence-corrected chi connectivity index (χ4v) is 3.76. The summed E-state index contributed by atoms with van der Waals surface area (Å²) in [4.78, 5) is 16.8. The zero-order valence-corrected chi connectivity index (χ0v) is 15.9. The van der Waals surface area contributed by atoms with Crippen LogP contribution in [0, 0.1) is 12.8 Å². The molecule has 3 rings (SSSR count). The lowest BCUT2D eigenvalue weighted by Gasteiger charge is -2.22. The standard InChI is InChI=1S/C17H19ClN4O2S/c1-8(2)10(4)20-16-12(13-9(3)5-6-25-13)14(18)21-15-11(17(23)24)7-19-22(15)16/h5-8,10,20H,1-4H3,(H,23,24). The molecule has 132 valence electrons. The van der Waals surface area contributed by atoms with E-state index in [1.807, 2.05) is 18.4 Å². The molecule has 3 aromatic heterocycles. The van der Waals surface area contributed by atoms with E-state index in [-0.39, 0.29) is 22.4 Å². The van der Waals surface area contributed by atoms with Crippen LogP contribution in [0.5, 0.6) is 0 Å². The SMILES string of the molecule is Cc1ccsc1-c1c(Cl)nc2c(C(=O)O)cnn2c1NC(C)C(C)C. The highest BCUT2D eigenvalue weighted by Crippen LogP contribution is 2.40. The fraction of sp³-hybridized carbons (Fsp3) is 0.353. The van der Waals surface area contributed by atoms with E-state index < -0.39 is 5.97 Å². The number of halogens is 1. The molecule has 0 fully saturated rings. The molecular formula is C17H19ClN4O2S. The maximum atomic E-state index is 11.4. The van der Waals surface area contributed by atoms with Crippen molar-refractivity contribution in [3.05, 3.63) is 33.9 Å². The van der Waals surface area contributed by atoms with Gasteiger partial charge in [0.15, 0.2) is 5.65 Å². The molecule has 3 aromatic rings.